The zero-order valence-electron chi connectivity index (χ0n) is 10.3. The highest BCUT2D eigenvalue weighted by Crippen LogP contribution is 2.09. The molecular weight excluding hydrogens is 234 g/mol. The Morgan fingerprint density at radius 3 is 2.94 bits per heavy atom. The van der Waals surface area contributed by atoms with E-state index in [1.807, 2.05) is 12.1 Å². The van der Waals surface area contributed by atoms with Crippen LogP contribution in [0.4, 0.5) is 5.82 Å². The lowest BCUT2D eigenvalue weighted by Gasteiger charge is -2.18. The second-order valence-corrected chi connectivity index (χ2v) is 4.30. The normalized spacial score (nSPS) is 12.1. The van der Waals surface area contributed by atoms with Crippen molar-refractivity contribution in [1.82, 2.24) is 4.98 Å². The molecule has 4 nitrogen and oxygen atoms in total. The summed E-state index contributed by atoms with van der Waals surface area (Å²) in [6.45, 7) is 2.80. The Hall–Kier alpha value is -1.20. The van der Waals surface area contributed by atoms with Crippen LogP contribution in [0.2, 0.25) is 0 Å². The molecule has 0 aromatic carbocycles. The van der Waals surface area contributed by atoms with E-state index in [-0.39, 0.29) is 6.04 Å². The van der Waals surface area contributed by atoms with Crippen LogP contribution in [0.15, 0.2) is 18.2 Å². The van der Waals surface area contributed by atoms with E-state index >= 15 is 0 Å². The molecule has 0 aliphatic rings. The van der Waals surface area contributed by atoms with Gasteiger partial charge in [0.05, 0.1) is 18.3 Å². The summed E-state index contributed by atoms with van der Waals surface area (Å²) in [6.07, 6.45) is 2.13. The van der Waals surface area contributed by atoms with Crippen molar-refractivity contribution in [3.8, 4) is 0 Å². The average molecular weight is 253 g/mol. The lowest BCUT2D eigenvalue weighted by molar-refractivity contribution is 0.182. The first-order valence-electron chi connectivity index (χ1n) is 5.69. The molecule has 1 unspecified atom stereocenters. The lowest BCUT2D eigenvalue weighted by atomic mass is 10.2. The Morgan fingerprint density at radius 1 is 1.59 bits per heavy atom. The number of aromatic nitrogens is 1. The summed E-state index contributed by atoms with van der Waals surface area (Å²) in [5, 5.41) is 3.32. The van der Waals surface area contributed by atoms with Crippen LogP contribution in [0.1, 0.15) is 25.5 Å². The van der Waals surface area contributed by atoms with E-state index in [0.29, 0.717) is 17.3 Å². The van der Waals surface area contributed by atoms with Gasteiger partial charge in [-0.15, -0.1) is 0 Å². The molecule has 1 aromatic heterocycles. The molecule has 0 saturated heterocycles. The van der Waals surface area contributed by atoms with E-state index in [9.17, 15) is 0 Å². The summed E-state index contributed by atoms with van der Waals surface area (Å²) in [7, 11) is 1.70. The topological polar surface area (TPSA) is 60.2 Å². The van der Waals surface area contributed by atoms with Gasteiger partial charge in [-0.2, -0.15) is 0 Å². The van der Waals surface area contributed by atoms with Crippen molar-refractivity contribution in [2.75, 3.05) is 19.0 Å². The highest BCUT2D eigenvalue weighted by Gasteiger charge is 2.08. The minimum Gasteiger partial charge on any atom is -0.388 e. The van der Waals surface area contributed by atoms with Gasteiger partial charge in [-0.1, -0.05) is 31.6 Å². The molecule has 0 radical (unpaired) electrons. The third kappa shape index (κ3) is 4.66. The first-order valence-corrected chi connectivity index (χ1v) is 6.10. The quantitative estimate of drug-likeness (QED) is 0.727. The molecule has 1 aromatic rings. The predicted molar refractivity (Wildman–Crippen MR) is 74.3 cm³/mol. The molecule has 0 saturated carbocycles. The maximum atomic E-state index is 5.55. The second-order valence-electron chi connectivity index (χ2n) is 3.86. The Labute approximate surface area is 108 Å². The average Bonchev–Trinajstić information content (AvgIpc) is 2.30. The van der Waals surface area contributed by atoms with Crippen molar-refractivity contribution in [3.63, 3.8) is 0 Å². The van der Waals surface area contributed by atoms with Gasteiger partial charge in [0.15, 0.2) is 0 Å². The fraction of sp³-hybridized carbons (Fsp3) is 0.500. The van der Waals surface area contributed by atoms with Gasteiger partial charge in [-0.25, -0.2) is 4.98 Å². The number of pyridine rings is 1. The van der Waals surface area contributed by atoms with Crippen LogP contribution in [0.25, 0.3) is 0 Å². The molecular formula is C12H19N3OS. The standard InChI is InChI=1S/C12H19N3OS/c1-3-5-9(8-16-2)14-11-7-4-6-10(15-11)12(13)17/h4,6-7,9H,3,5,8H2,1-2H3,(H2,13,17)(H,14,15). The van der Waals surface area contributed by atoms with E-state index in [1.54, 1.807) is 13.2 Å². The maximum Gasteiger partial charge on any atom is 0.127 e. The van der Waals surface area contributed by atoms with Crippen LogP contribution in [-0.2, 0) is 4.74 Å². The van der Waals surface area contributed by atoms with Crippen molar-refractivity contribution in [3.05, 3.63) is 23.9 Å². The van der Waals surface area contributed by atoms with Crippen LogP contribution in [0.3, 0.4) is 0 Å². The van der Waals surface area contributed by atoms with Crippen molar-refractivity contribution in [2.45, 2.75) is 25.8 Å². The summed E-state index contributed by atoms with van der Waals surface area (Å²) in [5.74, 6) is 0.783. The van der Waals surface area contributed by atoms with Crippen LogP contribution in [0.5, 0.6) is 0 Å². The first-order chi connectivity index (χ1) is 8.17. The molecule has 1 rings (SSSR count). The van der Waals surface area contributed by atoms with E-state index in [0.717, 1.165) is 18.7 Å². The van der Waals surface area contributed by atoms with Crippen molar-refractivity contribution in [2.24, 2.45) is 5.73 Å². The second kappa shape index (κ2) is 7.19. The number of nitrogens with one attached hydrogen (secondary N) is 1. The number of thiocarbonyl (C=S) groups is 1. The van der Waals surface area contributed by atoms with E-state index in [2.05, 4.69) is 17.2 Å². The fourth-order valence-corrected chi connectivity index (χ4v) is 1.72. The number of nitrogens with zero attached hydrogens (tertiary/aromatic N) is 1. The Kier molecular flexibility index (Phi) is 5.86. The number of anilines is 1. The van der Waals surface area contributed by atoms with Gasteiger partial charge in [0.1, 0.15) is 10.8 Å². The largest absolute Gasteiger partial charge is 0.388 e. The number of hydrogen-bond acceptors (Lipinski definition) is 4. The molecule has 0 bridgehead atoms. The Balaban J connectivity index is 2.71. The Morgan fingerprint density at radius 2 is 2.35 bits per heavy atom. The van der Waals surface area contributed by atoms with Crippen molar-refractivity contribution < 1.29 is 4.74 Å². The zero-order valence-corrected chi connectivity index (χ0v) is 11.1. The summed E-state index contributed by atoms with van der Waals surface area (Å²) in [4.78, 5) is 4.66. The smallest absolute Gasteiger partial charge is 0.127 e. The molecule has 94 valence electrons. The number of nitrogens with two attached hydrogens (primary N) is 1. The SMILES string of the molecule is CCCC(COC)Nc1cccc(C(N)=S)n1. The molecule has 17 heavy (non-hydrogen) atoms. The minimum atomic E-state index is 0.263. The fourth-order valence-electron chi connectivity index (χ4n) is 1.61. The van der Waals surface area contributed by atoms with Crippen LogP contribution >= 0.6 is 12.2 Å². The summed E-state index contributed by atoms with van der Waals surface area (Å²) < 4.78 is 5.17. The van der Waals surface area contributed by atoms with Crippen LogP contribution in [-0.4, -0.2) is 29.7 Å². The van der Waals surface area contributed by atoms with Gasteiger partial charge in [0.25, 0.3) is 0 Å². The number of hydrogen-bond donors (Lipinski definition) is 2. The number of rotatable bonds is 7. The third-order valence-electron chi connectivity index (χ3n) is 2.36. The molecule has 0 fully saturated rings. The third-order valence-corrected chi connectivity index (χ3v) is 2.57. The molecule has 5 heteroatoms. The molecule has 0 amide bonds. The molecule has 1 atom stereocenters. The van der Waals surface area contributed by atoms with Gasteiger partial charge in [0, 0.05) is 7.11 Å². The van der Waals surface area contributed by atoms with Crippen LogP contribution in [0, 0.1) is 0 Å². The van der Waals surface area contributed by atoms with Gasteiger partial charge in [0.2, 0.25) is 0 Å². The van der Waals surface area contributed by atoms with Gasteiger partial charge in [-0.3, -0.25) is 0 Å². The van der Waals surface area contributed by atoms with Crippen molar-refractivity contribution in [1.29, 1.82) is 0 Å². The summed E-state index contributed by atoms with van der Waals surface area (Å²) in [6, 6.07) is 5.86. The monoisotopic (exact) mass is 253 g/mol. The van der Waals surface area contributed by atoms with Gasteiger partial charge < -0.3 is 15.8 Å². The van der Waals surface area contributed by atoms with E-state index in [4.69, 9.17) is 22.7 Å². The van der Waals surface area contributed by atoms with Gasteiger partial charge in [-0.05, 0) is 18.6 Å². The molecule has 0 aliphatic carbocycles. The zero-order chi connectivity index (χ0) is 12.7. The van der Waals surface area contributed by atoms with E-state index < -0.39 is 0 Å². The van der Waals surface area contributed by atoms with E-state index in [1.165, 1.54) is 0 Å². The number of methoxy groups -OCH3 is 1. The van der Waals surface area contributed by atoms with Gasteiger partial charge >= 0.3 is 0 Å². The Bertz CT molecular complexity index is 365. The molecule has 0 aliphatic heterocycles. The predicted octanol–water partition coefficient (Wildman–Crippen LogP) is 1.94. The minimum absolute atomic E-state index is 0.263. The van der Waals surface area contributed by atoms with Crippen molar-refractivity contribution >= 4 is 23.0 Å². The molecule has 1 heterocycles. The molecule has 0 spiro atoms. The highest BCUT2D eigenvalue weighted by atomic mass is 32.1. The summed E-state index contributed by atoms with van der Waals surface area (Å²) >= 11 is 4.90. The first kappa shape index (κ1) is 13.9. The number of ether oxygens (including phenoxy) is 1. The lowest BCUT2D eigenvalue weighted by Crippen LogP contribution is -2.25. The summed E-state index contributed by atoms with van der Waals surface area (Å²) in [5.41, 5.74) is 6.18. The highest BCUT2D eigenvalue weighted by molar-refractivity contribution is 7.80. The molecule has 3 N–H and O–H groups in total. The van der Waals surface area contributed by atoms with Crippen LogP contribution < -0.4 is 11.1 Å². The maximum absolute atomic E-state index is 5.55.